The maximum atomic E-state index is 13.4. The number of nitrogens with one attached hydrogen (secondary N) is 1. The van der Waals surface area contributed by atoms with Gasteiger partial charge < -0.3 is 19.5 Å². The van der Waals surface area contributed by atoms with Crippen molar-refractivity contribution in [1.82, 2.24) is 20.1 Å². The number of ether oxygens (including phenoxy) is 1. The Morgan fingerprint density at radius 1 is 1.09 bits per heavy atom. The van der Waals surface area contributed by atoms with Crippen LogP contribution >= 0.6 is 11.8 Å². The molecule has 11 heteroatoms. The van der Waals surface area contributed by atoms with Crippen LogP contribution in [0.5, 0.6) is 0 Å². The summed E-state index contributed by atoms with van der Waals surface area (Å²) in [5, 5.41) is 11.3. The van der Waals surface area contributed by atoms with Gasteiger partial charge in [0, 0.05) is 18.3 Å². The van der Waals surface area contributed by atoms with Crippen LogP contribution in [0.1, 0.15) is 6.92 Å². The van der Waals surface area contributed by atoms with E-state index in [1.165, 1.54) is 40.9 Å². The molecule has 0 atom stereocenters. The van der Waals surface area contributed by atoms with E-state index in [0.29, 0.717) is 16.7 Å². The Hall–Kier alpha value is -3.73. The molecule has 0 saturated heterocycles. The molecule has 0 unspecified atom stereocenters. The van der Waals surface area contributed by atoms with Crippen molar-refractivity contribution in [3.8, 4) is 11.4 Å². The molecule has 9 nitrogen and oxygen atoms in total. The summed E-state index contributed by atoms with van der Waals surface area (Å²) in [6, 6.07) is 14.7. The number of esters is 1. The van der Waals surface area contributed by atoms with E-state index in [2.05, 4.69) is 15.5 Å². The normalized spacial score (nSPS) is 10.6. The standard InChI is InChI=1S/C23H24FN5O4S/c1-3-33-21(32)13-25-19(30)14-29(18-11-9-17(24)10-12-18)20(31)15-34-23-27-26-22(28(23)2)16-7-5-4-6-8-16/h4-12H,3,13-15H2,1-2H3,(H,25,30). The first-order chi connectivity index (χ1) is 16.4. The van der Waals surface area contributed by atoms with E-state index in [9.17, 15) is 18.8 Å². The Kier molecular flexibility index (Phi) is 8.74. The van der Waals surface area contributed by atoms with Gasteiger partial charge in [0.1, 0.15) is 18.9 Å². The second kappa shape index (κ2) is 11.9. The molecule has 1 heterocycles. The first-order valence-electron chi connectivity index (χ1n) is 10.4. The summed E-state index contributed by atoms with van der Waals surface area (Å²) in [4.78, 5) is 38.1. The fourth-order valence-corrected chi connectivity index (χ4v) is 3.80. The number of amides is 2. The van der Waals surface area contributed by atoms with E-state index >= 15 is 0 Å². The number of anilines is 1. The zero-order valence-electron chi connectivity index (χ0n) is 18.7. The van der Waals surface area contributed by atoms with Crippen LogP contribution in [0.15, 0.2) is 59.8 Å². The molecule has 2 aromatic carbocycles. The van der Waals surface area contributed by atoms with Crippen LogP contribution < -0.4 is 10.2 Å². The fourth-order valence-electron chi connectivity index (χ4n) is 3.01. The van der Waals surface area contributed by atoms with Crippen molar-refractivity contribution < 1.29 is 23.5 Å². The van der Waals surface area contributed by atoms with Crippen LogP contribution in [-0.2, 0) is 26.2 Å². The molecule has 0 radical (unpaired) electrons. The van der Waals surface area contributed by atoms with Crippen LogP contribution in [-0.4, -0.2) is 58.0 Å². The van der Waals surface area contributed by atoms with Crippen LogP contribution in [0.25, 0.3) is 11.4 Å². The number of hydrogen-bond acceptors (Lipinski definition) is 7. The highest BCUT2D eigenvalue weighted by molar-refractivity contribution is 7.99. The Balaban J connectivity index is 1.69. The Bertz CT molecular complexity index is 1140. The van der Waals surface area contributed by atoms with Crippen molar-refractivity contribution in [2.45, 2.75) is 12.1 Å². The second-order valence-electron chi connectivity index (χ2n) is 7.06. The maximum absolute atomic E-state index is 13.4. The molecule has 0 fully saturated rings. The molecular weight excluding hydrogens is 461 g/mol. The monoisotopic (exact) mass is 485 g/mol. The smallest absolute Gasteiger partial charge is 0.325 e. The van der Waals surface area contributed by atoms with E-state index in [1.54, 1.807) is 18.5 Å². The van der Waals surface area contributed by atoms with Gasteiger partial charge >= 0.3 is 5.97 Å². The van der Waals surface area contributed by atoms with E-state index < -0.39 is 23.6 Å². The lowest BCUT2D eigenvalue weighted by atomic mass is 10.2. The molecule has 34 heavy (non-hydrogen) atoms. The predicted octanol–water partition coefficient (Wildman–Crippen LogP) is 2.43. The minimum absolute atomic E-state index is 0.0384. The van der Waals surface area contributed by atoms with Crippen LogP contribution in [0, 0.1) is 5.82 Å². The van der Waals surface area contributed by atoms with Crippen molar-refractivity contribution >= 4 is 35.2 Å². The van der Waals surface area contributed by atoms with E-state index in [-0.39, 0.29) is 25.4 Å². The number of thioether (sulfide) groups is 1. The number of hydrogen-bond donors (Lipinski definition) is 1. The lowest BCUT2D eigenvalue weighted by Gasteiger charge is -2.22. The largest absolute Gasteiger partial charge is 0.465 e. The van der Waals surface area contributed by atoms with Gasteiger partial charge in [-0.1, -0.05) is 42.1 Å². The highest BCUT2D eigenvalue weighted by atomic mass is 32.2. The van der Waals surface area contributed by atoms with Crippen molar-refractivity contribution in [1.29, 1.82) is 0 Å². The summed E-state index contributed by atoms with van der Waals surface area (Å²) in [7, 11) is 1.80. The molecule has 0 bridgehead atoms. The molecular formula is C23H24FN5O4S. The van der Waals surface area contributed by atoms with E-state index in [1.807, 2.05) is 30.3 Å². The Morgan fingerprint density at radius 2 is 1.79 bits per heavy atom. The summed E-state index contributed by atoms with van der Waals surface area (Å²) >= 11 is 1.17. The van der Waals surface area contributed by atoms with Gasteiger partial charge in [0.05, 0.1) is 12.4 Å². The Morgan fingerprint density at radius 3 is 2.47 bits per heavy atom. The van der Waals surface area contributed by atoms with Crippen LogP contribution in [0.3, 0.4) is 0 Å². The molecule has 0 aliphatic heterocycles. The van der Waals surface area contributed by atoms with Gasteiger partial charge in [-0.15, -0.1) is 10.2 Å². The first-order valence-corrected chi connectivity index (χ1v) is 11.4. The molecule has 3 aromatic rings. The highest BCUT2D eigenvalue weighted by Crippen LogP contribution is 2.23. The van der Waals surface area contributed by atoms with Gasteiger partial charge in [-0.05, 0) is 31.2 Å². The van der Waals surface area contributed by atoms with Gasteiger partial charge in [0.25, 0.3) is 0 Å². The topological polar surface area (TPSA) is 106 Å². The van der Waals surface area contributed by atoms with Gasteiger partial charge in [0.15, 0.2) is 11.0 Å². The zero-order valence-corrected chi connectivity index (χ0v) is 19.5. The SMILES string of the molecule is CCOC(=O)CNC(=O)CN(C(=O)CSc1nnc(-c2ccccc2)n1C)c1ccc(F)cc1. The van der Waals surface area contributed by atoms with Gasteiger partial charge in [0.2, 0.25) is 11.8 Å². The number of carbonyl (C=O) groups excluding carboxylic acids is 3. The third-order valence-electron chi connectivity index (χ3n) is 4.67. The van der Waals surface area contributed by atoms with Crippen molar-refractivity contribution in [2.75, 3.05) is 30.3 Å². The lowest BCUT2D eigenvalue weighted by molar-refractivity contribution is -0.143. The third-order valence-corrected chi connectivity index (χ3v) is 5.67. The molecule has 0 saturated carbocycles. The van der Waals surface area contributed by atoms with Gasteiger partial charge in [-0.2, -0.15) is 0 Å². The summed E-state index contributed by atoms with van der Waals surface area (Å²) < 4.78 is 20.0. The average Bonchev–Trinajstić information content (AvgIpc) is 3.21. The van der Waals surface area contributed by atoms with Crippen LogP contribution in [0.2, 0.25) is 0 Å². The third kappa shape index (κ3) is 6.64. The number of benzene rings is 2. The maximum Gasteiger partial charge on any atom is 0.325 e. The predicted molar refractivity (Wildman–Crippen MR) is 126 cm³/mol. The van der Waals surface area contributed by atoms with Crippen LogP contribution in [0.4, 0.5) is 10.1 Å². The quantitative estimate of drug-likeness (QED) is 0.347. The molecule has 0 aliphatic rings. The number of nitrogens with zero attached hydrogens (tertiary/aromatic N) is 4. The number of carbonyl (C=O) groups is 3. The number of halogens is 1. The zero-order chi connectivity index (χ0) is 24.5. The first kappa shape index (κ1) is 24.9. The highest BCUT2D eigenvalue weighted by Gasteiger charge is 2.21. The second-order valence-corrected chi connectivity index (χ2v) is 8.00. The molecule has 1 aromatic heterocycles. The summed E-state index contributed by atoms with van der Waals surface area (Å²) in [5.41, 5.74) is 1.24. The summed E-state index contributed by atoms with van der Waals surface area (Å²) in [5.74, 6) is -1.38. The van der Waals surface area contributed by atoms with Crippen molar-refractivity contribution in [3.05, 3.63) is 60.4 Å². The lowest BCUT2D eigenvalue weighted by Crippen LogP contribution is -2.43. The number of aromatic nitrogens is 3. The van der Waals surface area contributed by atoms with Crippen molar-refractivity contribution in [3.63, 3.8) is 0 Å². The Labute approximate surface area is 200 Å². The molecule has 178 valence electrons. The van der Waals surface area contributed by atoms with Gasteiger partial charge in [-0.25, -0.2) is 4.39 Å². The molecule has 0 aliphatic carbocycles. The molecule has 0 spiro atoms. The number of rotatable bonds is 10. The summed E-state index contributed by atoms with van der Waals surface area (Å²) in [6.07, 6.45) is 0. The molecule has 3 rings (SSSR count). The minimum atomic E-state index is -0.581. The molecule has 1 N–H and O–H groups in total. The van der Waals surface area contributed by atoms with E-state index in [4.69, 9.17) is 4.74 Å². The van der Waals surface area contributed by atoms with E-state index in [0.717, 1.165) is 5.56 Å². The van der Waals surface area contributed by atoms with Gasteiger partial charge in [-0.3, -0.25) is 14.4 Å². The minimum Gasteiger partial charge on any atom is -0.465 e. The average molecular weight is 486 g/mol. The molecule has 2 amide bonds. The summed E-state index contributed by atoms with van der Waals surface area (Å²) in [6.45, 7) is 1.19. The van der Waals surface area contributed by atoms with Crippen molar-refractivity contribution in [2.24, 2.45) is 7.05 Å². The fraction of sp³-hybridized carbons (Fsp3) is 0.261.